The van der Waals surface area contributed by atoms with E-state index in [1.54, 1.807) is 13.8 Å². The lowest BCUT2D eigenvalue weighted by atomic mass is 9.97. The molecule has 7 heteroatoms. The molecular weight excluding hydrogens is 288 g/mol. The first-order chi connectivity index (χ1) is 10.4. The summed E-state index contributed by atoms with van der Waals surface area (Å²) in [6.07, 6.45) is 0.351. The Morgan fingerprint density at radius 1 is 1.32 bits per heavy atom. The highest BCUT2D eigenvalue weighted by molar-refractivity contribution is 5.89. The summed E-state index contributed by atoms with van der Waals surface area (Å²) in [4.78, 5) is 23.0. The highest BCUT2D eigenvalue weighted by Crippen LogP contribution is 2.22. The molecule has 0 radical (unpaired) electrons. The lowest BCUT2D eigenvalue weighted by Crippen LogP contribution is -2.42. The van der Waals surface area contributed by atoms with Gasteiger partial charge in [0, 0.05) is 0 Å². The second kappa shape index (κ2) is 6.30. The first-order valence-electron chi connectivity index (χ1n) is 6.57. The molecule has 0 unspecified atom stereocenters. The van der Waals surface area contributed by atoms with Crippen molar-refractivity contribution in [3.05, 3.63) is 53.4 Å². The van der Waals surface area contributed by atoms with Gasteiger partial charge in [0.25, 0.3) is 0 Å². The number of aromatic carboxylic acids is 1. The van der Waals surface area contributed by atoms with Crippen molar-refractivity contribution in [2.75, 3.05) is 0 Å². The van der Waals surface area contributed by atoms with Crippen LogP contribution < -0.4 is 5.32 Å². The van der Waals surface area contributed by atoms with E-state index in [0.29, 0.717) is 0 Å². The third kappa shape index (κ3) is 3.63. The SMILES string of the molecule is CC(C)(NC(=O)OCc1ccccc1)c1nocc1C(=O)O. The molecule has 2 aromatic rings. The molecule has 0 spiro atoms. The second-order valence-electron chi connectivity index (χ2n) is 5.19. The molecule has 0 saturated carbocycles. The molecular formula is C15H16N2O5. The van der Waals surface area contributed by atoms with Gasteiger partial charge in [-0.1, -0.05) is 35.5 Å². The predicted molar refractivity (Wildman–Crippen MR) is 76.3 cm³/mol. The average molecular weight is 304 g/mol. The van der Waals surface area contributed by atoms with Gasteiger partial charge in [-0.3, -0.25) is 0 Å². The van der Waals surface area contributed by atoms with Crippen molar-refractivity contribution in [2.24, 2.45) is 0 Å². The third-order valence-electron chi connectivity index (χ3n) is 3.02. The summed E-state index contributed by atoms with van der Waals surface area (Å²) < 4.78 is 9.79. The van der Waals surface area contributed by atoms with Gasteiger partial charge < -0.3 is 19.7 Å². The number of nitrogens with zero attached hydrogens (tertiary/aromatic N) is 1. The van der Waals surface area contributed by atoms with Gasteiger partial charge in [0.1, 0.15) is 24.1 Å². The zero-order valence-corrected chi connectivity index (χ0v) is 12.2. The van der Waals surface area contributed by atoms with Crippen LogP contribution >= 0.6 is 0 Å². The highest BCUT2D eigenvalue weighted by Gasteiger charge is 2.32. The number of hydrogen-bond acceptors (Lipinski definition) is 5. The lowest BCUT2D eigenvalue weighted by Gasteiger charge is -2.23. The Bertz CT molecular complexity index is 664. The number of ether oxygens (including phenoxy) is 1. The van der Waals surface area contributed by atoms with Crippen LogP contribution in [-0.4, -0.2) is 22.3 Å². The van der Waals surface area contributed by atoms with E-state index < -0.39 is 17.6 Å². The smallest absolute Gasteiger partial charge is 0.408 e. The molecule has 22 heavy (non-hydrogen) atoms. The monoisotopic (exact) mass is 304 g/mol. The fourth-order valence-corrected chi connectivity index (χ4v) is 1.91. The molecule has 0 aliphatic carbocycles. The minimum absolute atomic E-state index is 0.103. The van der Waals surface area contributed by atoms with E-state index in [1.165, 1.54) is 0 Å². The lowest BCUT2D eigenvalue weighted by molar-refractivity contribution is 0.0691. The Morgan fingerprint density at radius 2 is 2.00 bits per heavy atom. The summed E-state index contributed by atoms with van der Waals surface area (Å²) in [6, 6.07) is 9.21. The first kappa shape index (κ1) is 15.6. The summed E-state index contributed by atoms with van der Waals surface area (Å²) in [5, 5.41) is 15.3. The molecule has 0 bridgehead atoms. The molecule has 0 aliphatic rings. The second-order valence-corrected chi connectivity index (χ2v) is 5.19. The van der Waals surface area contributed by atoms with Crippen LogP contribution in [0.3, 0.4) is 0 Å². The number of aromatic nitrogens is 1. The van der Waals surface area contributed by atoms with Crippen LogP contribution in [0.4, 0.5) is 4.79 Å². The van der Waals surface area contributed by atoms with Crippen LogP contribution in [-0.2, 0) is 16.9 Å². The van der Waals surface area contributed by atoms with Crippen molar-refractivity contribution >= 4 is 12.1 Å². The van der Waals surface area contributed by atoms with Gasteiger partial charge in [0.2, 0.25) is 0 Å². The van der Waals surface area contributed by atoms with E-state index in [4.69, 9.17) is 9.84 Å². The van der Waals surface area contributed by atoms with Gasteiger partial charge in [0.15, 0.2) is 0 Å². The van der Waals surface area contributed by atoms with Crippen LogP contribution in [0.5, 0.6) is 0 Å². The van der Waals surface area contributed by atoms with Crippen molar-refractivity contribution < 1.29 is 24.0 Å². The summed E-state index contributed by atoms with van der Waals surface area (Å²) in [7, 11) is 0. The van der Waals surface area contributed by atoms with Crippen molar-refractivity contribution in [1.29, 1.82) is 0 Å². The number of carboxylic acids is 1. The average Bonchev–Trinajstić information content (AvgIpc) is 2.96. The standard InChI is InChI=1S/C15H16N2O5/c1-15(2,12-11(13(18)19)9-22-17-12)16-14(20)21-8-10-6-4-3-5-7-10/h3-7,9H,8H2,1-2H3,(H,16,20)(H,18,19). The van der Waals surface area contributed by atoms with Crippen molar-refractivity contribution in [1.82, 2.24) is 10.5 Å². The maximum atomic E-state index is 11.9. The quantitative estimate of drug-likeness (QED) is 0.880. The molecule has 1 heterocycles. The predicted octanol–water partition coefficient (Wildman–Crippen LogP) is 2.53. The normalized spacial score (nSPS) is 11.0. The number of hydrogen-bond donors (Lipinski definition) is 2. The largest absolute Gasteiger partial charge is 0.478 e. The number of carbonyl (C=O) groups is 2. The topological polar surface area (TPSA) is 102 Å². The zero-order valence-electron chi connectivity index (χ0n) is 12.2. The molecule has 1 aromatic carbocycles. The number of alkyl carbamates (subject to hydrolysis) is 1. The summed E-state index contributed by atoms with van der Waals surface area (Å²) in [6.45, 7) is 3.34. The number of amides is 1. The van der Waals surface area contributed by atoms with Crippen molar-refractivity contribution in [3.8, 4) is 0 Å². The minimum atomic E-state index is -1.18. The molecule has 2 N–H and O–H groups in total. The highest BCUT2D eigenvalue weighted by atomic mass is 16.5. The molecule has 116 valence electrons. The van der Waals surface area contributed by atoms with Gasteiger partial charge in [-0.05, 0) is 19.4 Å². The van der Waals surface area contributed by atoms with E-state index in [9.17, 15) is 9.59 Å². The van der Waals surface area contributed by atoms with E-state index in [2.05, 4.69) is 15.0 Å². The van der Waals surface area contributed by atoms with Crippen LogP contribution in [0.15, 0.2) is 41.1 Å². The van der Waals surface area contributed by atoms with E-state index in [-0.39, 0.29) is 17.9 Å². The van der Waals surface area contributed by atoms with Crippen LogP contribution in [0.25, 0.3) is 0 Å². The molecule has 0 saturated heterocycles. The number of carbonyl (C=O) groups excluding carboxylic acids is 1. The fourth-order valence-electron chi connectivity index (χ4n) is 1.91. The number of nitrogens with one attached hydrogen (secondary N) is 1. The summed E-state index contributed by atoms with van der Waals surface area (Å²) in [5.41, 5.74) is -0.178. The maximum absolute atomic E-state index is 11.9. The van der Waals surface area contributed by atoms with Crippen LogP contribution in [0, 0.1) is 0 Å². The van der Waals surface area contributed by atoms with E-state index >= 15 is 0 Å². The molecule has 7 nitrogen and oxygen atoms in total. The van der Waals surface area contributed by atoms with E-state index in [0.717, 1.165) is 11.8 Å². The molecule has 1 aromatic heterocycles. The number of rotatable bonds is 5. The van der Waals surface area contributed by atoms with Gasteiger partial charge in [0.05, 0.1) is 5.54 Å². The van der Waals surface area contributed by atoms with E-state index in [1.807, 2.05) is 30.3 Å². The number of carboxylic acid groups (broad SMARTS) is 1. The molecule has 2 rings (SSSR count). The maximum Gasteiger partial charge on any atom is 0.408 e. The Labute approximate surface area is 126 Å². The Morgan fingerprint density at radius 3 is 2.64 bits per heavy atom. The molecule has 1 amide bonds. The van der Waals surface area contributed by atoms with Gasteiger partial charge >= 0.3 is 12.1 Å². The Balaban J connectivity index is 2.00. The van der Waals surface area contributed by atoms with Gasteiger partial charge in [-0.15, -0.1) is 0 Å². The summed E-state index contributed by atoms with van der Waals surface area (Å²) in [5.74, 6) is -1.18. The summed E-state index contributed by atoms with van der Waals surface area (Å²) >= 11 is 0. The third-order valence-corrected chi connectivity index (χ3v) is 3.02. The van der Waals surface area contributed by atoms with Gasteiger partial charge in [-0.25, -0.2) is 9.59 Å². The molecule has 0 aliphatic heterocycles. The van der Waals surface area contributed by atoms with Crippen LogP contribution in [0.1, 0.15) is 35.5 Å². The zero-order chi connectivity index (χ0) is 16.2. The van der Waals surface area contributed by atoms with Gasteiger partial charge in [-0.2, -0.15) is 0 Å². The Kier molecular flexibility index (Phi) is 4.45. The van der Waals surface area contributed by atoms with Crippen molar-refractivity contribution in [3.63, 3.8) is 0 Å². The van der Waals surface area contributed by atoms with Crippen molar-refractivity contribution in [2.45, 2.75) is 26.0 Å². The number of benzene rings is 1. The van der Waals surface area contributed by atoms with Crippen LogP contribution in [0.2, 0.25) is 0 Å². The Hall–Kier alpha value is -2.83. The molecule has 0 fully saturated rings. The minimum Gasteiger partial charge on any atom is -0.478 e. The fraction of sp³-hybridized carbons (Fsp3) is 0.267. The first-order valence-corrected chi connectivity index (χ1v) is 6.57. The molecule has 0 atom stereocenters.